The lowest BCUT2D eigenvalue weighted by molar-refractivity contribution is -0.115. The monoisotopic (exact) mass is 331 g/mol. The maximum absolute atomic E-state index is 13.6. The molecular weight excluding hydrogens is 313 g/mol. The zero-order chi connectivity index (χ0) is 17.5. The quantitative estimate of drug-likeness (QED) is 0.826. The van der Waals surface area contributed by atoms with Gasteiger partial charge in [-0.1, -0.05) is 12.1 Å². The van der Waals surface area contributed by atoms with E-state index in [0.717, 1.165) is 0 Å². The Morgan fingerprint density at radius 3 is 2.62 bits per heavy atom. The lowest BCUT2D eigenvalue weighted by atomic mass is 10.1. The summed E-state index contributed by atoms with van der Waals surface area (Å²) < 4.78 is 23.4. The molecule has 0 heterocycles. The fourth-order valence-electron chi connectivity index (χ4n) is 2.15. The number of hydrogen-bond acceptors (Lipinski definition) is 4. The number of anilines is 1. The smallest absolute Gasteiger partial charge is 0.338 e. The molecule has 126 valence electrons. The van der Waals surface area contributed by atoms with E-state index in [-0.39, 0.29) is 24.7 Å². The van der Waals surface area contributed by atoms with Gasteiger partial charge < -0.3 is 14.8 Å². The molecule has 0 saturated carbocycles. The number of ether oxygens (including phenoxy) is 2. The molecule has 0 fully saturated rings. The SMILES string of the molecule is CCOC(=O)c1cccc(NC(=O)Cc2ccc(OC)c(F)c2)c1. The molecule has 2 aromatic carbocycles. The summed E-state index contributed by atoms with van der Waals surface area (Å²) in [6.07, 6.45) is 0.00451. The van der Waals surface area contributed by atoms with E-state index in [4.69, 9.17) is 9.47 Å². The van der Waals surface area contributed by atoms with Crippen molar-refractivity contribution in [1.29, 1.82) is 0 Å². The Morgan fingerprint density at radius 1 is 1.17 bits per heavy atom. The Bertz CT molecular complexity index is 746. The van der Waals surface area contributed by atoms with Crippen LogP contribution in [0.5, 0.6) is 5.75 Å². The summed E-state index contributed by atoms with van der Waals surface area (Å²) in [5, 5.41) is 2.68. The zero-order valence-corrected chi connectivity index (χ0v) is 13.5. The molecule has 5 nitrogen and oxygen atoms in total. The lowest BCUT2D eigenvalue weighted by Crippen LogP contribution is -2.15. The van der Waals surface area contributed by atoms with Gasteiger partial charge in [-0.2, -0.15) is 0 Å². The predicted octanol–water partition coefficient (Wildman–Crippen LogP) is 3.19. The van der Waals surface area contributed by atoms with Crippen molar-refractivity contribution in [2.75, 3.05) is 19.0 Å². The van der Waals surface area contributed by atoms with Crippen LogP contribution in [0.3, 0.4) is 0 Å². The number of rotatable bonds is 6. The molecule has 2 aromatic rings. The summed E-state index contributed by atoms with van der Waals surface area (Å²) in [7, 11) is 1.38. The van der Waals surface area contributed by atoms with E-state index in [1.54, 1.807) is 31.2 Å². The van der Waals surface area contributed by atoms with Gasteiger partial charge in [0, 0.05) is 5.69 Å². The zero-order valence-electron chi connectivity index (χ0n) is 13.5. The molecule has 1 N–H and O–H groups in total. The molecular formula is C18H18FNO4. The molecule has 0 aliphatic rings. The van der Waals surface area contributed by atoms with Gasteiger partial charge in [-0.3, -0.25) is 4.79 Å². The average Bonchev–Trinajstić information content (AvgIpc) is 2.55. The van der Waals surface area contributed by atoms with Crippen LogP contribution >= 0.6 is 0 Å². The normalized spacial score (nSPS) is 10.1. The first kappa shape index (κ1) is 17.5. The molecule has 0 radical (unpaired) electrons. The number of methoxy groups -OCH3 is 1. The molecule has 1 amide bonds. The minimum Gasteiger partial charge on any atom is -0.494 e. The molecule has 2 rings (SSSR count). The van der Waals surface area contributed by atoms with E-state index in [1.165, 1.54) is 25.3 Å². The first-order chi connectivity index (χ1) is 11.5. The molecule has 0 bridgehead atoms. The van der Waals surface area contributed by atoms with Crippen molar-refractivity contribution in [2.45, 2.75) is 13.3 Å². The second kappa shape index (κ2) is 8.10. The second-order valence-electron chi connectivity index (χ2n) is 5.00. The summed E-state index contributed by atoms with van der Waals surface area (Å²) >= 11 is 0. The highest BCUT2D eigenvalue weighted by molar-refractivity contribution is 5.95. The fourth-order valence-corrected chi connectivity index (χ4v) is 2.15. The molecule has 0 aliphatic heterocycles. The van der Waals surface area contributed by atoms with Crippen molar-refractivity contribution in [2.24, 2.45) is 0 Å². The highest BCUT2D eigenvalue weighted by Gasteiger charge is 2.10. The number of nitrogens with one attached hydrogen (secondary N) is 1. The van der Waals surface area contributed by atoms with E-state index >= 15 is 0 Å². The van der Waals surface area contributed by atoms with Crippen LogP contribution in [-0.4, -0.2) is 25.6 Å². The van der Waals surface area contributed by atoms with Crippen molar-refractivity contribution in [3.05, 3.63) is 59.4 Å². The van der Waals surface area contributed by atoms with Gasteiger partial charge in [0.25, 0.3) is 0 Å². The highest BCUT2D eigenvalue weighted by atomic mass is 19.1. The Kier molecular flexibility index (Phi) is 5.89. The Morgan fingerprint density at radius 2 is 1.96 bits per heavy atom. The lowest BCUT2D eigenvalue weighted by Gasteiger charge is -2.08. The Balaban J connectivity index is 2.03. The van der Waals surface area contributed by atoms with Crippen LogP contribution in [0.25, 0.3) is 0 Å². The van der Waals surface area contributed by atoms with E-state index in [1.807, 2.05) is 0 Å². The average molecular weight is 331 g/mol. The molecule has 0 unspecified atom stereocenters. The minimum atomic E-state index is -0.521. The van der Waals surface area contributed by atoms with E-state index < -0.39 is 11.8 Å². The maximum Gasteiger partial charge on any atom is 0.338 e. The minimum absolute atomic E-state index is 0.00451. The topological polar surface area (TPSA) is 64.6 Å². The predicted molar refractivity (Wildman–Crippen MR) is 87.7 cm³/mol. The number of hydrogen-bond donors (Lipinski definition) is 1. The van der Waals surface area contributed by atoms with Gasteiger partial charge >= 0.3 is 5.97 Å². The fraction of sp³-hybridized carbons (Fsp3) is 0.222. The molecule has 0 spiro atoms. The first-order valence-corrected chi connectivity index (χ1v) is 7.43. The van der Waals surface area contributed by atoms with Crippen LogP contribution in [0, 0.1) is 5.82 Å². The van der Waals surface area contributed by atoms with Crippen LogP contribution in [0.1, 0.15) is 22.8 Å². The summed E-state index contributed by atoms with van der Waals surface area (Å²) in [4.78, 5) is 23.8. The molecule has 24 heavy (non-hydrogen) atoms. The molecule has 0 saturated heterocycles. The van der Waals surface area contributed by atoms with Crippen molar-refractivity contribution >= 4 is 17.6 Å². The van der Waals surface area contributed by atoms with Crippen molar-refractivity contribution in [3.8, 4) is 5.75 Å². The van der Waals surface area contributed by atoms with Crippen molar-refractivity contribution in [1.82, 2.24) is 0 Å². The number of halogens is 1. The number of carbonyl (C=O) groups excluding carboxylic acids is 2. The summed E-state index contributed by atoms with van der Waals surface area (Å²) in [5.41, 5.74) is 1.34. The Hall–Kier alpha value is -2.89. The van der Waals surface area contributed by atoms with Gasteiger partial charge in [-0.25, -0.2) is 9.18 Å². The summed E-state index contributed by atoms with van der Waals surface area (Å²) in [6.45, 7) is 2.00. The molecule has 6 heteroatoms. The van der Waals surface area contributed by atoms with Crippen LogP contribution in [0.4, 0.5) is 10.1 Å². The van der Waals surface area contributed by atoms with Crippen LogP contribution in [0.2, 0.25) is 0 Å². The van der Waals surface area contributed by atoms with Gasteiger partial charge in [0.15, 0.2) is 11.6 Å². The van der Waals surface area contributed by atoms with Crippen LogP contribution in [0.15, 0.2) is 42.5 Å². The third-order valence-corrected chi connectivity index (χ3v) is 3.24. The third-order valence-electron chi connectivity index (χ3n) is 3.24. The van der Waals surface area contributed by atoms with Gasteiger partial charge in [0.1, 0.15) is 0 Å². The van der Waals surface area contributed by atoms with Crippen LogP contribution in [-0.2, 0) is 16.0 Å². The molecule has 0 aromatic heterocycles. The standard InChI is InChI=1S/C18H18FNO4/c1-3-24-18(22)13-5-4-6-14(11-13)20-17(21)10-12-7-8-16(23-2)15(19)9-12/h4-9,11H,3,10H2,1-2H3,(H,20,21). The maximum atomic E-state index is 13.6. The number of esters is 1. The van der Waals surface area contributed by atoms with Crippen molar-refractivity contribution < 1.29 is 23.5 Å². The van der Waals surface area contributed by atoms with E-state index in [9.17, 15) is 14.0 Å². The van der Waals surface area contributed by atoms with Crippen molar-refractivity contribution in [3.63, 3.8) is 0 Å². The highest BCUT2D eigenvalue weighted by Crippen LogP contribution is 2.18. The molecule has 0 atom stereocenters. The molecule has 0 aliphatic carbocycles. The van der Waals surface area contributed by atoms with E-state index in [0.29, 0.717) is 16.8 Å². The number of amides is 1. The summed E-state index contributed by atoms with van der Waals surface area (Å²) in [6, 6.07) is 10.8. The second-order valence-corrected chi connectivity index (χ2v) is 5.00. The third kappa shape index (κ3) is 4.55. The van der Waals surface area contributed by atoms with Gasteiger partial charge in [0.2, 0.25) is 5.91 Å². The number of carbonyl (C=O) groups is 2. The first-order valence-electron chi connectivity index (χ1n) is 7.43. The largest absolute Gasteiger partial charge is 0.494 e. The van der Waals surface area contributed by atoms with Crippen LogP contribution < -0.4 is 10.1 Å². The van der Waals surface area contributed by atoms with Gasteiger partial charge in [0.05, 0.1) is 25.7 Å². The summed E-state index contributed by atoms with van der Waals surface area (Å²) in [5.74, 6) is -1.17. The number of benzene rings is 2. The van der Waals surface area contributed by atoms with E-state index in [2.05, 4.69) is 5.32 Å². The van der Waals surface area contributed by atoms with Gasteiger partial charge in [-0.05, 0) is 42.8 Å². The Labute approximate surface area is 139 Å². The van der Waals surface area contributed by atoms with Gasteiger partial charge in [-0.15, -0.1) is 0 Å².